The molecule has 0 aliphatic heterocycles. The first-order valence-electron chi connectivity index (χ1n) is 4.80. The molecule has 1 rings (SSSR count). The number of anilines is 1. The zero-order chi connectivity index (χ0) is 12.1. The topological polar surface area (TPSA) is 93.3 Å². The Bertz CT molecular complexity index is 348. The molecule has 6 nitrogen and oxygen atoms in total. The average Bonchev–Trinajstić information content (AvgIpc) is 2.28. The third kappa shape index (κ3) is 2.97. The number of aromatic nitrogens is 2. The van der Waals surface area contributed by atoms with E-state index in [4.69, 9.17) is 10.6 Å². The lowest BCUT2D eigenvalue weighted by Crippen LogP contribution is -2.16. The number of thioether (sulfide) groups is 1. The third-order valence-electron chi connectivity index (χ3n) is 2.09. The number of hydrogen-bond donors (Lipinski definition) is 3. The first kappa shape index (κ1) is 13.0. The average molecular weight is 244 g/mol. The number of nitrogens with zero attached hydrogens (tertiary/aromatic N) is 2. The molecule has 90 valence electrons. The maximum absolute atomic E-state index is 9.43. The number of aliphatic hydroxyl groups excluding tert-OH is 1. The highest BCUT2D eigenvalue weighted by Gasteiger charge is 2.17. The van der Waals surface area contributed by atoms with Gasteiger partial charge in [-0.3, -0.25) is 0 Å². The second-order valence-electron chi connectivity index (χ2n) is 3.27. The molecule has 2 atom stereocenters. The predicted octanol–water partition coefficient (Wildman–Crippen LogP) is 0.632. The molecule has 7 heteroatoms. The van der Waals surface area contributed by atoms with E-state index in [-0.39, 0.29) is 5.25 Å². The van der Waals surface area contributed by atoms with Crippen molar-refractivity contribution in [3.8, 4) is 5.75 Å². The Balaban J connectivity index is 2.95. The SMILES string of the molecule is COc1c(NN)ncnc1SC(C)C(C)O. The lowest BCUT2D eigenvalue weighted by atomic mass is 10.3. The summed E-state index contributed by atoms with van der Waals surface area (Å²) in [6, 6.07) is 0. The quantitative estimate of drug-likeness (QED) is 0.303. The van der Waals surface area contributed by atoms with Crippen molar-refractivity contribution in [3.05, 3.63) is 6.33 Å². The molecule has 0 aromatic carbocycles. The summed E-state index contributed by atoms with van der Waals surface area (Å²) in [5.74, 6) is 6.22. The molecule has 0 amide bonds. The van der Waals surface area contributed by atoms with Crippen LogP contribution in [0.1, 0.15) is 13.8 Å². The number of methoxy groups -OCH3 is 1. The van der Waals surface area contributed by atoms with E-state index in [1.807, 2.05) is 6.92 Å². The molecular formula is C9H16N4O2S. The molecule has 0 saturated carbocycles. The molecule has 0 aliphatic rings. The van der Waals surface area contributed by atoms with Gasteiger partial charge in [-0.15, -0.1) is 0 Å². The second-order valence-corrected chi connectivity index (χ2v) is 4.63. The maximum Gasteiger partial charge on any atom is 0.195 e. The van der Waals surface area contributed by atoms with Crippen LogP contribution >= 0.6 is 11.8 Å². The van der Waals surface area contributed by atoms with Gasteiger partial charge in [-0.2, -0.15) is 0 Å². The van der Waals surface area contributed by atoms with Crippen molar-refractivity contribution < 1.29 is 9.84 Å². The molecule has 0 saturated heterocycles. The molecule has 0 spiro atoms. The van der Waals surface area contributed by atoms with Crippen molar-refractivity contribution in [2.45, 2.75) is 30.2 Å². The maximum atomic E-state index is 9.43. The van der Waals surface area contributed by atoms with Gasteiger partial charge in [0.15, 0.2) is 11.6 Å². The summed E-state index contributed by atoms with van der Waals surface area (Å²) in [4.78, 5) is 8.03. The van der Waals surface area contributed by atoms with Gasteiger partial charge in [0, 0.05) is 5.25 Å². The minimum absolute atomic E-state index is 0.00873. The largest absolute Gasteiger partial charge is 0.490 e. The number of hydrogen-bond acceptors (Lipinski definition) is 7. The summed E-state index contributed by atoms with van der Waals surface area (Å²) in [5, 5.41) is 10.1. The molecule has 4 N–H and O–H groups in total. The van der Waals surface area contributed by atoms with E-state index in [1.54, 1.807) is 6.92 Å². The second kappa shape index (κ2) is 5.88. The fourth-order valence-electron chi connectivity index (χ4n) is 1.00. The van der Waals surface area contributed by atoms with Gasteiger partial charge in [0.05, 0.1) is 13.2 Å². The Hall–Kier alpha value is -1.05. The van der Waals surface area contributed by atoms with Crippen LogP contribution in [0.15, 0.2) is 11.4 Å². The van der Waals surface area contributed by atoms with E-state index in [1.165, 1.54) is 25.2 Å². The van der Waals surface area contributed by atoms with Crippen LogP contribution in [0.3, 0.4) is 0 Å². The summed E-state index contributed by atoms with van der Waals surface area (Å²) < 4.78 is 5.18. The highest BCUT2D eigenvalue weighted by atomic mass is 32.2. The molecule has 0 bridgehead atoms. The van der Waals surface area contributed by atoms with E-state index >= 15 is 0 Å². The van der Waals surface area contributed by atoms with Crippen molar-refractivity contribution in [2.75, 3.05) is 12.5 Å². The molecule has 2 unspecified atom stereocenters. The third-order valence-corrected chi connectivity index (χ3v) is 3.37. The predicted molar refractivity (Wildman–Crippen MR) is 63.4 cm³/mol. The first-order valence-corrected chi connectivity index (χ1v) is 5.68. The zero-order valence-corrected chi connectivity index (χ0v) is 10.3. The molecule has 16 heavy (non-hydrogen) atoms. The van der Waals surface area contributed by atoms with Crippen LogP contribution in [-0.4, -0.2) is 33.5 Å². The van der Waals surface area contributed by atoms with Crippen molar-refractivity contribution in [3.63, 3.8) is 0 Å². The van der Waals surface area contributed by atoms with E-state index in [9.17, 15) is 5.11 Å². The Kier molecular flexibility index (Phi) is 4.78. The Morgan fingerprint density at radius 2 is 2.19 bits per heavy atom. The Morgan fingerprint density at radius 3 is 2.69 bits per heavy atom. The van der Waals surface area contributed by atoms with Gasteiger partial charge in [0.25, 0.3) is 0 Å². The molecule has 1 heterocycles. The van der Waals surface area contributed by atoms with Crippen molar-refractivity contribution in [1.29, 1.82) is 0 Å². The molecule has 0 fully saturated rings. The summed E-state index contributed by atoms with van der Waals surface area (Å²) in [5.41, 5.74) is 2.44. The molecule has 1 aromatic heterocycles. The highest BCUT2D eigenvalue weighted by molar-refractivity contribution is 8.00. The van der Waals surface area contributed by atoms with Gasteiger partial charge in [0.1, 0.15) is 11.4 Å². The van der Waals surface area contributed by atoms with Crippen LogP contribution in [-0.2, 0) is 0 Å². The zero-order valence-electron chi connectivity index (χ0n) is 9.47. The normalized spacial score (nSPS) is 14.3. The number of rotatable bonds is 5. The number of aliphatic hydroxyl groups is 1. The minimum Gasteiger partial charge on any atom is -0.490 e. The number of hydrazine groups is 1. The van der Waals surface area contributed by atoms with Crippen LogP contribution in [0, 0.1) is 0 Å². The molecular weight excluding hydrogens is 228 g/mol. The minimum atomic E-state index is -0.432. The van der Waals surface area contributed by atoms with Crippen molar-refractivity contribution in [2.24, 2.45) is 5.84 Å². The lowest BCUT2D eigenvalue weighted by Gasteiger charge is -2.16. The standard InChI is InChI=1S/C9H16N4O2S/c1-5(14)6(2)16-9-7(15-3)8(13-10)11-4-12-9/h4-6,14H,10H2,1-3H3,(H,11,12,13). The summed E-state index contributed by atoms with van der Waals surface area (Å²) in [6.07, 6.45) is 0.966. The van der Waals surface area contributed by atoms with Crippen LogP contribution in [0.4, 0.5) is 5.82 Å². The molecule has 0 radical (unpaired) electrons. The molecule has 0 aliphatic carbocycles. The van der Waals surface area contributed by atoms with Crippen molar-refractivity contribution >= 4 is 17.6 Å². The number of nitrogens with two attached hydrogens (primary N) is 1. The summed E-state index contributed by atoms with van der Waals surface area (Å²) in [6.45, 7) is 3.64. The van der Waals surface area contributed by atoms with E-state index in [0.717, 1.165) is 0 Å². The van der Waals surface area contributed by atoms with Crippen LogP contribution < -0.4 is 16.0 Å². The van der Waals surface area contributed by atoms with E-state index < -0.39 is 6.10 Å². The van der Waals surface area contributed by atoms with Gasteiger partial charge in [0.2, 0.25) is 0 Å². The van der Waals surface area contributed by atoms with Gasteiger partial charge >= 0.3 is 0 Å². The number of nitrogen functional groups attached to an aromatic ring is 1. The van der Waals surface area contributed by atoms with Gasteiger partial charge in [-0.25, -0.2) is 15.8 Å². The van der Waals surface area contributed by atoms with Crippen molar-refractivity contribution in [1.82, 2.24) is 9.97 Å². The number of nitrogens with one attached hydrogen (secondary N) is 1. The fourth-order valence-corrected chi connectivity index (χ4v) is 1.95. The van der Waals surface area contributed by atoms with Gasteiger partial charge < -0.3 is 15.3 Å². The first-order chi connectivity index (χ1) is 7.60. The fraction of sp³-hybridized carbons (Fsp3) is 0.556. The van der Waals surface area contributed by atoms with Crippen LogP contribution in [0.2, 0.25) is 0 Å². The lowest BCUT2D eigenvalue weighted by molar-refractivity contribution is 0.196. The van der Waals surface area contributed by atoms with Crippen LogP contribution in [0.25, 0.3) is 0 Å². The Labute approximate surface area is 98.6 Å². The highest BCUT2D eigenvalue weighted by Crippen LogP contribution is 2.34. The summed E-state index contributed by atoms with van der Waals surface area (Å²) >= 11 is 1.41. The summed E-state index contributed by atoms with van der Waals surface area (Å²) in [7, 11) is 1.52. The van der Waals surface area contributed by atoms with E-state index in [2.05, 4.69) is 15.4 Å². The number of ether oxygens (including phenoxy) is 1. The van der Waals surface area contributed by atoms with Gasteiger partial charge in [-0.05, 0) is 6.92 Å². The van der Waals surface area contributed by atoms with Crippen LogP contribution in [0.5, 0.6) is 5.75 Å². The van der Waals surface area contributed by atoms with E-state index in [0.29, 0.717) is 16.6 Å². The Morgan fingerprint density at radius 1 is 1.50 bits per heavy atom. The molecule has 1 aromatic rings. The monoisotopic (exact) mass is 244 g/mol. The van der Waals surface area contributed by atoms with Gasteiger partial charge in [-0.1, -0.05) is 18.7 Å². The smallest absolute Gasteiger partial charge is 0.195 e.